The van der Waals surface area contributed by atoms with Crippen LogP contribution in [0.4, 0.5) is 14.4 Å². The standard InChI is InChI=1S/C51H96N4O19P2/c1-13-17-19-21-23-25-45(71-41(5)56)27-33-63-37-43(54-48(59)73-50(7,8)9)39-69-75(61,65-31-15-3)67-35-29-52-47(58)53-30-36-68-76(62,66-32-16-4)70-40-44(55-49(60)74-51(10,11)12)38-64-34-28-46(72-42(6)57)26-24-22-20-18-14-2/h15-16,43-46H,3-4,13-14,17-40H2,1-2,5-12H3,(H,54,59)(H,55,60)(H2,52,53,58)/t43-,44-,45-,46-,75?,76?/m1/s1. The lowest BCUT2D eigenvalue weighted by Gasteiger charge is -2.25. The zero-order chi connectivity index (χ0) is 57.3. The Morgan fingerprint density at radius 1 is 0.500 bits per heavy atom. The number of unbranched alkanes of at least 4 members (excludes halogenated alkanes) is 8. The van der Waals surface area contributed by atoms with E-state index in [1.54, 1.807) is 41.5 Å². The van der Waals surface area contributed by atoms with Gasteiger partial charge in [0.1, 0.15) is 23.4 Å². The fraction of sp³-hybridized carbons (Fsp3) is 0.824. The van der Waals surface area contributed by atoms with Gasteiger partial charge >= 0.3 is 45.8 Å². The van der Waals surface area contributed by atoms with Crippen LogP contribution in [0.2, 0.25) is 0 Å². The molecule has 0 aromatic heterocycles. The van der Waals surface area contributed by atoms with Gasteiger partial charge in [-0.05, 0) is 67.2 Å². The Bertz CT molecular complexity index is 1610. The van der Waals surface area contributed by atoms with Gasteiger partial charge in [-0.2, -0.15) is 0 Å². The van der Waals surface area contributed by atoms with Crippen LogP contribution in [-0.4, -0.2) is 145 Å². The van der Waals surface area contributed by atoms with Gasteiger partial charge in [0.15, 0.2) is 0 Å². The zero-order valence-corrected chi connectivity index (χ0v) is 49.2. The summed E-state index contributed by atoms with van der Waals surface area (Å²) in [5, 5.41) is 10.4. The van der Waals surface area contributed by atoms with Gasteiger partial charge in [-0.15, -0.1) is 13.2 Å². The summed E-state index contributed by atoms with van der Waals surface area (Å²) in [5.41, 5.74) is -1.64. The molecule has 0 bridgehead atoms. The fourth-order valence-corrected chi connectivity index (χ4v) is 9.00. The Kier molecular flexibility index (Phi) is 40.3. The molecule has 76 heavy (non-hydrogen) atoms. The number of esters is 2. The fourth-order valence-electron chi connectivity index (χ4n) is 6.62. The van der Waals surface area contributed by atoms with Crippen molar-refractivity contribution in [3.8, 4) is 0 Å². The number of carbonyl (C=O) groups excluding carboxylic acids is 5. The molecule has 0 radical (unpaired) electrons. The Labute approximate surface area is 453 Å². The van der Waals surface area contributed by atoms with E-state index in [0.29, 0.717) is 25.7 Å². The first-order valence-electron chi connectivity index (χ1n) is 26.7. The molecular weight excluding hydrogens is 1030 g/mol. The molecule has 0 saturated carbocycles. The molecule has 0 aliphatic rings. The van der Waals surface area contributed by atoms with Crippen molar-refractivity contribution in [1.82, 2.24) is 21.3 Å². The van der Waals surface area contributed by atoms with Crippen LogP contribution in [0.5, 0.6) is 0 Å². The SMILES string of the molecule is C=CCOP(=O)(OCCNC(=O)NCCOP(=O)(OCC=C)OC[C@@H](COCC[C@@H](CCCCCCC)OC(C)=O)NC(=O)OC(C)(C)C)OC[C@@H](COCC[C@@H](CCCCCCC)OC(C)=O)NC(=O)OC(C)(C)C. The second kappa shape index (κ2) is 42.3. The summed E-state index contributed by atoms with van der Waals surface area (Å²) in [6, 6.07) is -2.48. The molecule has 0 rings (SSSR count). The van der Waals surface area contributed by atoms with Crippen LogP contribution in [-0.2, 0) is 74.3 Å². The van der Waals surface area contributed by atoms with E-state index >= 15 is 0 Å². The Morgan fingerprint density at radius 3 is 1.20 bits per heavy atom. The van der Waals surface area contributed by atoms with E-state index in [9.17, 15) is 33.1 Å². The number of hydrogen-bond acceptors (Lipinski definition) is 19. The number of amides is 4. The third kappa shape index (κ3) is 43.4. The lowest BCUT2D eigenvalue weighted by Crippen LogP contribution is -2.44. The van der Waals surface area contributed by atoms with Crippen molar-refractivity contribution in [2.24, 2.45) is 0 Å². The molecule has 0 spiro atoms. The Balaban J connectivity index is 5.47. The van der Waals surface area contributed by atoms with Gasteiger partial charge in [0.05, 0.1) is 78.2 Å². The van der Waals surface area contributed by atoms with Crippen LogP contribution in [0.15, 0.2) is 25.3 Å². The predicted molar refractivity (Wildman–Crippen MR) is 288 cm³/mol. The van der Waals surface area contributed by atoms with Gasteiger partial charge in [0.2, 0.25) is 0 Å². The summed E-state index contributed by atoms with van der Waals surface area (Å²) >= 11 is 0. The molecule has 2 unspecified atom stereocenters. The van der Waals surface area contributed by atoms with Gasteiger partial charge in [0.25, 0.3) is 0 Å². The van der Waals surface area contributed by atoms with Crippen LogP contribution >= 0.6 is 15.6 Å². The van der Waals surface area contributed by atoms with Crippen LogP contribution in [0.1, 0.15) is 159 Å². The molecule has 0 aliphatic heterocycles. The number of nitrogens with one attached hydrogen (secondary N) is 4. The third-order valence-corrected chi connectivity index (χ3v) is 12.9. The molecule has 0 aromatic rings. The third-order valence-electron chi connectivity index (χ3n) is 10.0. The highest BCUT2D eigenvalue weighted by Gasteiger charge is 2.31. The van der Waals surface area contributed by atoms with Gasteiger partial charge in [0, 0.05) is 39.8 Å². The number of carbonyl (C=O) groups is 5. The topological polar surface area (TPSA) is 278 Å². The molecule has 0 heterocycles. The second-order valence-electron chi connectivity index (χ2n) is 19.8. The number of phosphoric acid groups is 2. The van der Waals surface area contributed by atoms with E-state index in [1.807, 2.05) is 0 Å². The molecule has 444 valence electrons. The Morgan fingerprint density at radius 2 is 0.868 bits per heavy atom. The quantitative estimate of drug-likeness (QED) is 0.0145. The molecule has 0 fully saturated rings. The lowest BCUT2D eigenvalue weighted by molar-refractivity contribution is -0.148. The van der Waals surface area contributed by atoms with Gasteiger partial charge < -0.3 is 49.7 Å². The van der Waals surface area contributed by atoms with Crippen molar-refractivity contribution in [3.63, 3.8) is 0 Å². The monoisotopic (exact) mass is 1130 g/mol. The molecule has 0 saturated heterocycles. The van der Waals surface area contributed by atoms with E-state index in [0.717, 1.165) is 64.2 Å². The first-order chi connectivity index (χ1) is 35.9. The smallest absolute Gasteiger partial charge is 0.462 e. The van der Waals surface area contributed by atoms with Crippen molar-refractivity contribution in [2.45, 2.75) is 195 Å². The summed E-state index contributed by atoms with van der Waals surface area (Å²) in [7, 11) is -8.65. The van der Waals surface area contributed by atoms with Crippen LogP contribution in [0, 0.1) is 0 Å². The highest BCUT2D eigenvalue weighted by molar-refractivity contribution is 7.48. The number of urea groups is 1. The van der Waals surface area contributed by atoms with Gasteiger partial charge in [-0.25, -0.2) is 23.5 Å². The average molecular weight is 1130 g/mol. The number of phosphoric ester groups is 2. The maximum atomic E-state index is 13.7. The first-order valence-corrected chi connectivity index (χ1v) is 29.6. The normalized spacial score (nSPS) is 14.9. The molecule has 4 amide bonds. The molecular formula is C51H96N4O19P2. The molecule has 4 N–H and O–H groups in total. The van der Waals surface area contributed by atoms with Crippen molar-refractivity contribution in [3.05, 3.63) is 25.3 Å². The largest absolute Gasteiger partial charge is 0.475 e. The lowest BCUT2D eigenvalue weighted by atomic mass is 10.1. The van der Waals surface area contributed by atoms with E-state index in [-0.39, 0.29) is 90.1 Å². The van der Waals surface area contributed by atoms with Gasteiger partial charge in [-0.3, -0.25) is 36.7 Å². The second-order valence-corrected chi connectivity index (χ2v) is 23.1. The number of rotatable bonds is 46. The van der Waals surface area contributed by atoms with E-state index in [2.05, 4.69) is 48.3 Å². The van der Waals surface area contributed by atoms with E-state index in [4.69, 9.17) is 55.6 Å². The summed E-state index contributed by atoms with van der Waals surface area (Å²) in [5.74, 6) is -0.772. The maximum absolute atomic E-state index is 13.7. The minimum Gasteiger partial charge on any atom is -0.462 e. The van der Waals surface area contributed by atoms with Gasteiger partial charge in [-0.1, -0.05) is 77.4 Å². The number of ether oxygens (including phenoxy) is 6. The molecule has 0 aliphatic carbocycles. The molecule has 23 nitrogen and oxygen atoms in total. The Hall–Kier alpha value is -3.63. The highest BCUT2D eigenvalue weighted by atomic mass is 31.2. The van der Waals surface area contributed by atoms with Crippen molar-refractivity contribution < 1.29 is 88.7 Å². The van der Waals surface area contributed by atoms with Crippen LogP contribution < -0.4 is 21.3 Å². The first kappa shape index (κ1) is 72.4. The predicted octanol–water partition coefficient (Wildman–Crippen LogP) is 10.2. The summed E-state index contributed by atoms with van der Waals surface area (Å²) in [6.45, 7) is 22.2. The number of alkyl carbamates (subject to hydrolysis) is 2. The van der Waals surface area contributed by atoms with E-state index in [1.165, 1.54) is 26.0 Å². The van der Waals surface area contributed by atoms with E-state index < -0.39 is 70.4 Å². The molecule has 25 heteroatoms. The zero-order valence-electron chi connectivity index (χ0n) is 47.4. The number of hydrogen-bond donors (Lipinski definition) is 4. The van der Waals surface area contributed by atoms with Crippen molar-refractivity contribution >= 4 is 45.8 Å². The summed E-state index contributed by atoms with van der Waals surface area (Å²) < 4.78 is 93.8. The summed E-state index contributed by atoms with van der Waals surface area (Å²) in [6.07, 6.45) is 13.2. The maximum Gasteiger partial charge on any atom is 0.475 e. The van der Waals surface area contributed by atoms with Crippen molar-refractivity contribution in [1.29, 1.82) is 0 Å². The molecule has 0 aromatic carbocycles. The minimum absolute atomic E-state index is 0.0980. The highest BCUT2D eigenvalue weighted by Crippen LogP contribution is 2.50. The molecule has 6 atom stereocenters. The summed E-state index contributed by atoms with van der Waals surface area (Å²) in [4.78, 5) is 61.7. The van der Waals surface area contributed by atoms with Crippen LogP contribution in [0.25, 0.3) is 0 Å². The minimum atomic E-state index is -4.32. The van der Waals surface area contributed by atoms with Crippen LogP contribution in [0.3, 0.4) is 0 Å². The average Bonchev–Trinajstić information content (AvgIpc) is 3.32. The van der Waals surface area contributed by atoms with Crippen molar-refractivity contribution in [2.75, 3.05) is 79.2 Å².